The molecule has 0 rings (SSSR count). The normalized spacial score (nSPS) is 9.40. The molecule has 0 spiro atoms. The van der Waals surface area contributed by atoms with Gasteiger partial charge in [0.25, 0.3) is 0 Å². The fourth-order valence-corrected chi connectivity index (χ4v) is 0.370. The van der Waals surface area contributed by atoms with Crippen molar-refractivity contribution in [2.24, 2.45) is 0 Å². The molecule has 0 fully saturated rings. The van der Waals surface area contributed by atoms with Gasteiger partial charge in [-0.3, -0.25) is 0 Å². The summed E-state index contributed by atoms with van der Waals surface area (Å²) in [5, 5.41) is 8.89. The third kappa shape index (κ3) is 4.69. The first-order valence-corrected chi connectivity index (χ1v) is 2.86. The summed E-state index contributed by atoms with van der Waals surface area (Å²) >= 11 is 0. The summed E-state index contributed by atoms with van der Waals surface area (Å²) in [6.07, 6.45) is 7.60. The summed E-state index contributed by atoms with van der Waals surface area (Å²) in [6, 6.07) is 0. The molecule has 1 heteroatoms. The Hall–Kier alpha value is -1.46. The highest BCUT2D eigenvalue weighted by Crippen LogP contribution is 1.88. The van der Waals surface area contributed by atoms with Crippen LogP contribution in [0, 0.1) is 0 Å². The zero-order valence-electron chi connectivity index (χ0n) is 5.75. The van der Waals surface area contributed by atoms with Crippen molar-refractivity contribution < 1.29 is 5.11 Å². The molecule has 0 aromatic heterocycles. The Morgan fingerprint density at radius 1 is 1.30 bits per heavy atom. The van der Waals surface area contributed by atoms with Crippen LogP contribution in [0.2, 0.25) is 0 Å². The molecule has 0 heterocycles. The molecule has 0 aliphatic rings. The van der Waals surface area contributed by atoms with Gasteiger partial charge in [0.2, 0.25) is 0 Å². The van der Waals surface area contributed by atoms with Crippen LogP contribution < -0.4 is 0 Å². The molecule has 0 bridgehead atoms. The maximum Gasteiger partial charge on any atom is 0.123 e. The van der Waals surface area contributed by atoms with Gasteiger partial charge in [-0.1, -0.05) is 25.3 Å². The number of aliphatic hydroxyl groups is 1. The lowest BCUT2D eigenvalue weighted by Gasteiger charge is -1.81. The molecule has 0 aliphatic heterocycles. The predicted octanol–water partition coefficient (Wildman–Crippen LogP) is 2.51. The average Bonchev–Trinajstić information content (AvgIpc) is 1.89. The third-order valence-corrected chi connectivity index (χ3v) is 0.734. The van der Waals surface area contributed by atoms with Gasteiger partial charge in [-0.15, -0.1) is 5.73 Å². The van der Waals surface area contributed by atoms with Gasteiger partial charge in [0.05, 0.1) is 0 Å². The Kier molecular flexibility index (Phi) is 4.84. The van der Waals surface area contributed by atoms with Gasteiger partial charge in [-0.25, -0.2) is 0 Å². The molecule has 0 amide bonds. The van der Waals surface area contributed by atoms with Crippen LogP contribution in [0.4, 0.5) is 0 Å². The van der Waals surface area contributed by atoms with Crippen molar-refractivity contribution in [3.8, 4) is 0 Å². The minimum absolute atomic E-state index is 0.133. The maximum atomic E-state index is 8.89. The Morgan fingerprint density at radius 2 is 2.00 bits per heavy atom. The van der Waals surface area contributed by atoms with Crippen LogP contribution in [0.25, 0.3) is 0 Å². The second kappa shape index (κ2) is 5.67. The van der Waals surface area contributed by atoms with Crippen LogP contribution in [0.1, 0.15) is 0 Å². The number of allylic oxidation sites excluding steroid dienone is 4. The zero-order chi connectivity index (χ0) is 7.82. The number of hydrogen-bond acceptors (Lipinski definition) is 1. The molecular weight excluding hydrogens is 124 g/mol. The quantitative estimate of drug-likeness (QED) is 0.357. The van der Waals surface area contributed by atoms with E-state index in [2.05, 4.69) is 18.9 Å². The second-order valence-corrected chi connectivity index (χ2v) is 1.54. The van der Waals surface area contributed by atoms with E-state index in [1.807, 2.05) is 0 Å². The highest BCUT2D eigenvalue weighted by molar-refractivity contribution is 5.16. The summed E-state index contributed by atoms with van der Waals surface area (Å²) in [7, 11) is 0. The highest BCUT2D eigenvalue weighted by atomic mass is 16.3. The lowest BCUT2D eigenvalue weighted by atomic mass is 10.4. The monoisotopic (exact) mass is 134 g/mol. The Balaban J connectivity index is 4.13. The van der Waals surface area contributed by atoms with Crippen molar-refractivity contribution in [1.82, 2.24) is 0 Å². The first-order valence-electron chi connectivity index (χ1n) is 2.86. The van der Waals surface area contributed by atoms with Crippen molar-refractivity contribution in [1.29, 1.82) is 0 Å². The van der Waals surface area contributed by atoms with E-state index in [0.29, 0.717) is 0 Å². The molecule has 52 valence electrons. The van der Waals surface area contributed by atoms with Gasteiger partial charge in [0.1, 0.15) is 5.76 Å². The maximum absolute atomic E-state index is 8.89. The molecule has 0 saturated carbocycles. The van der Waals surface area contributed by atoms with Crippen molar-refractivity contribution in [2.75, 3.05) is 0 Å². The molecule has 0 aromatic carbocycles. The van der Waals surface area contributed by atoms with Crippen LogP contribution in [0.3, 0.4) is 0 Å². The lowest BCUT2D eigenvalue weighted by Crippen LogP contribution is -1.67. The summed E-state index contributed by atoms with van der Waals surface area (Å²) in [5.41, 5.74) is 2.69. The van der Waals surface area contributed by atoms with E-state index >= 15 is 0 Å². The largest absolute Gasteiger partial charge is 0.507 e. The van der Waals surface area contributed by atoms with Gasteiger partial charge in [0, 0.05) is 6.08 Å². The topological polar surface area (TPSA) is 20.2 Å². The predicted molar refractivity (Wildman–Crippen MR) is 43.8 cm³/mol. The molecule has 10 heavy (non-hydrogen) atoms. The van der Waals surface area contributed by atoms with E-state index < -0.39 is 0 Å². The van der Waals surface area contributed by atoms with E-state index in [1.165, 1.54) is 18.2 Å². The first kappa shape index (κ1) is 8.54. The molecule has 0 atom stereocenters. The molecule has 0 aliphatic carbocycles. The van der Waals surface area contributed by atoms with E-state index in [4.69, 9.17) is 5.11 Å². The first-order chi connectivity index (χ1) is 4.81. The third-order valence-electron chi connectivity index (χ3n) is 0.734. The van der Waals surface area contributed by atoms with Crippen LogP contribution in [-0.2, 0) is 0 Å². The standard InChI is InChI=1S/C9H10O/c1-3-5-6-8-9(10)7-4-2/h3-5,7-8,10H,1-2H2/b9-7+. The van der Waals surface area contributed by atoms with Gasteiger partial charge >= 0.3 is 0 Å². The summed E-state index contributed by atoms with van der Waals surface area (Å²) < 4.78 is 0. The van der Waals surface area contributed by atoms with Gasteiger partial charge in [-0.2, -0.15) is 0 Å². The Morgan fingerprint density at radius 3 is 2.50 bits per heavy atom. The smallest absolute Gasteiger partial charge is 0.123 e. The summed E-state index contributed by atoms with van der Waals surface area (Å²) in [4.78, 5) is 0. The average molecular weight is 134 g/mol. The minimum Gasteiger partial charge on any atom is -0.507 e. The number of hydrogen-bond donors (Lipinski definition) is 1. The molecule has 1 N–H and O–H groups in total. The van der Waals surface area contributed by atoms with Crippen LogP contribution in [0.15, 0.2) is 55.0 Å². The summed E-state index contributed by atoms with van der Waals surface area (Å²) in [5.74, 6) is 0.133. The molecule has 0 radical (unpaired) electrons. The SMILES string of the molecule is C=CC=C=C/C(O)=C\C=C. The van der Waals surface area contributed by atoms with Crippen molar-refractivity contribution in [3.05, 3.63) is 55.0 Å². The molecule has 1 nitrogen and oxygen atoms in total. The zero-order valence-corrected chi connectivity index (χ0v) is 5.75. The lowest BCUT2D eigenvalue weighted by molar-refractivity contribution is 0.433. The fourth-order valence-electron chi connectivity index (χ4n) is 0.370. The van der Waals surface area contributed by atoms with E-state index in [0.717, 1.165) is 0 Å². The van der Waals surface area contributed by atoms with E-state index in [9.17, 15) is 0 Å². The van der Waals surface area contributed by atoms with Crippen LogP contribution in [-0.4, -0.2) is 5.11 Å². The second-order valence-electron chi connectivity index (χ2n) is 1.54. The fraction of sp³-hybridized carbons (Fsp3) is 0. The summed E-state index contributed by atoms with van der Waals surface area (Å²) in [6.45, 7) is 6.86. The molecular formula is C9H10O. The van der Waals surface area contributed by atoms with Crippen molar-refractivity contribution in [3.63, 3.8) is 0 Å². The van der Waals surface area contributed by atoms with Crippen LogP contribution in [0.5, 0.6) is 0 Å². The van der Waals surface area contributed by atoms with E-state index in [-0.39, 0.29) is 5.76 Å². The van der Waals surface area contributed by atoms with E-state index in [1.54, 1.807) is 12.2 Å². The van der Waals surface area contributed by atoms with Crippen LogP contribution >= 0.6 is 0 Å². The van der Waals surface area contributed by atoms with Gasteiger partial charge in [-0.05, 0) is 12.2 Å². The number of rotatable bonds is 3. The van der Waals surface area contributed by atoms with Crippen molar-refractivity contribution >= 4 is 0 Å². The molecule has 0 saturated heterocycles. The Bertz CT molecular complexity index is 203. The van der Waals surface area contributed by atoms with Gasteiger partial charge in [0.15, 0.2) is 0 Å². The molecule has 0 aromatic rings. The number of aliphatic hydroxyl groups excluding tert-OH is 1. The highest BCUT2D eigenvalue weighted by Gasteiger charge is 1.75. The van der Waals surface area contributed by atoms with Gasteiger partial charge < -0.3 is 5.11 Å². The minimum atomic E-state index is 0.133. The van der Waals surface area contributed by atoms with Crippen molar-refractivity contribution in [2.45, 2.75) is 0 Å². The Labute approximate surface area is 61.0 Å². The molecule has 0 unspecified atom stereocenters.